The van der Waals surface area contributed by atoms with Gasteiger partial charge >= 0.3 is 0 Å². The lowest BCUT2D eigenvalue weighted by Gasteiger charge is -2.33. The standard InChI is InChI=1S/C25H21ClFN9O/c26-22-19(37-16-7-8-36-21(9-16)29-13-31-36)5-3-17(23(22)27)33-25-24-18(28-12-30-25)4-6-20(34-24)35-10-14-1-2-15(11-35)32-14/h3-9,12-15,32H,1-2,10-11H2,(H,28,30,33). The van der Waals surface area contributed by atoms with E-state index in [0.717, 1.165) is 18.9 Å². The van der Waals surface area contributed by atoms with Crippen molar-refractivity contribution < 1.29 is 9.13 Å². The van der Waals surface area contributed by atoms with E-state index in [9.17, 15) is 0 Å². The van der Waals surface area contributed by atoms with E-state index >= 15 is 4.39 Å². The van der Waals surface area contributed by atoms with Crippen molar-refractivity contribution in [2.75, 3.05) is 23.3 Å². The van der Waals surface area contributed by atoms with Gasteiger partial charge in [-0.25, -0.2) is 28.8 Å². The van der Waals surface area contributed by atoms with Crippen LogP contribution in [0.2, 0.25) is 5.02 Å². The Bertz CT molecular complexity index is 1630. The maximum Gasteiger partial charge on any atom is 0.169 e. The average Bonchev–Trinajstić information content (AvgIpc) is 3.53. The van der Waals surface area contributed by atoms with Crippen LogP contribution < -0.4 is 20.3 Å². The normalized spacial score (nSPS) is 19.0. The number of benzene rings is 1. The molecule has 2 fully saturated rings. The second-order valence-electron chi connectivity index (χ2n) is 9.19. The minimum Gasteiger partial charge on any atom is -0.455 e. The molecule has 2 bridgehead atoms. The van der Waals surface area contributed by atoms with Crippen LogP contribution in [0.5, 0.6) is 11.5 Å². The summed E-state index contributed by atoms with van der Waals surface area (Å²) in [5.74, 6) is 1.23. The Balaban J connectivity index is 1.17. The molecular weight excluding hydrogens is 497 g/mol. The molecule has 10 nitrogen and oxygen atoms in total. The molecule has 0 spiro atoms. The van der Waals surface area contributed by atoms with Gasteiger partial charge in [0.15, 0.2) is 17.3 Å². The second kappa shape index (κ2) is 8.79. The SMILES string of the molecule is Fc1c(Nc2ncnc3ccc(N4CC5CCC(C4)N5)nc23)ccc(Oc2ccn3ncnc3c2)c1Cl. The topological polar surface area (TPSA) is 105 Å². The zero-order chi connectivity index (χ0) is 24.9. The Kier molecular flexibility index (Phi) is 5.26. The Morgan fingerprint density at radius 1 is 1.03 bits per heavy atom. The summed E-state index contributed by atoms with van der Waals surface area (Å²) >= 11 is 6.36. The van der Waals surface area contributed by atoms with Gasteiger partial charge < -0.3 is 20.3 Å². The van der Waals surface area contributed by atoms with Gasteiger partial charge in [0.25, 0.3) is 0 Å². The van der Waals surface area contributed by atoms with Crippen molar-refractivity contribution in [1.82, 2.24) is 34.9 Å². The van der Waals surface area contributed by atoms with E-state index in [-0.39, 0.29) is 16.5 Å². The van der Waals surface area contributed by atoms with Crippen molar-refractivity contribution >= 4 is 45.6 Å². The lowest BCUT2D eigenvalue weighted by atomic mass is 10.2. The Morgan fingerprint density at radius 3 is 2.76 bits per heavy atom. The van der Waals surface area contributed by atoms with Gasteiger partial charge in [0.2, 0.25) is 0 Å². The predicted octanol–water partition coefficient (Wildman–Crippen LogP) is 4.34. The molecule has 2 aliphatic rings. The molecule has 186 valence electrons. The van der Waals surface area contributed by atoms with Gasteiger partial charge in [-0.2, -0.15) is 5.10 Å². The molecule has 0 amide bonds. The zero-order valence-electron chi connectivity index (χ0n) is 19.5. The highest BCUT2D eigenvalue weighted by Crippen LogP contribution is 2.37. The molecule has 37 heavy (non-hydrogen) atoms. The number of nitrogens with zero attached hydrogens (tertiary/aromatic N) is 7. The highest BCUT2D eigenvalue weighted by atomic mass is 35.5. The fourth-order valence-corrected chi connectivity index (χ4v) is 5.21. The molecule has 2 N–H and O–H groups in total. The van der Waals surface area contributed by atoms with Crippen molar-refractivity contribution in [3.63, 3.8) is 0 Å². The minimum absolute atomic E-state index is 0.151. The number of halogens is 2. The van der Waals surface area contributed by atoms with Gasteiger partial charge in [-0.05, 0) is 43.2 Å². The molecule has 2 unspecified atom stereocenters. The van der Waals surface area contributed by atoms with Crippen molar-refractivity contribution in [3.05, 3.63) is 66.1 Å². The quantitative estimate of drug-likeness (QED) is 0.352. The molecule has 1 aromatic carbocycles. The van der Waals surface area contributed by atoms with E-state index in [0.29, 0.717) is 40.3 Å². The van der Waals surface area contributed by atoms with Crippen LogP contribution in [0.25, 0.3) is 16.7 Å². The van der Waals surface area contributed by atoms with Gasteiger partial charge in [0, 0.05) is 37.4 Å². The van der Waals surface area contributed by atoms with Crippen LogP contribution in [0.3, 0.4) is 0 Å². The number of anilines is 3. The number of nitrogens with one attached hydrogen (secondary N) is 2. The van der Waals surface area contributed by atoms with Crippen molar-refractivity contribution in [2.24, 2.45) is 0 Å². The van der Waals surface area contributed by atoms with Crippen LogP contribution in [0.4, 0.5) is 21.7 Å². The fraction of sp³-hybridized carbons (Fsp3) is 0.240. The smallest absolute Gasteiger partial charge is 0.169 e. The summed E-state index contributed by atoms with van der Waals surface area (Å²) in [7, 11) is 0. The van der Waals surface area contributed by atoms with Gasteiger partial charge in [-0.1, -0.05) is 11.6 Å². The number of pyridine rings is 2. The van der Waals surface area contributed by atoms with Crippen LogP contribution in [-0.2, 0) is 0 Å². The van der Waals surface area contributed by atoms with Crippen molar-refractivity contribution in [3.8, 4) is 11.5 Å². The van der Waals surface area contributed by atoms with Gasteiger partial charge in [0.1, 0.15) is 40.5 Å². The third-order valence-corrected chi connectivity index (χ3v) is 7.14. The molecule has 2 aliphatic heterocycles. The van der Waals surface area contributed by atoms with Gasteiger partial charge in [0.05, 0.1) is 11.2 Å². The summed E-state index contributed by atoms with van der Waals surface area (Å²) in [4.78, 5) is 19.9. The first-order valence-electron chi connectivity index (χ1n) is 12.0. The third kappa shape index (κ3) is 4.05. The molecule has 5 aromatic rings. The molecular formula is C25H21ClFN9O. The summed E-state index contributed by atoms with van der Waals surface area (Å²) in [5, 5.41) is 10.6. The second-order valence-corrected chi connectivity index (χ2v) is 9.57. The number of aromatic nitrogens is 6. The predicted molar refractivity (Wildman–Crippen MR) is 137 cm³/mol. The Hall–Kier alpha value is -4.09. The molecule has 6 heterocycles. The van der Waals surface area contributed by atoms with E-state index in [1.807, 2.05) is 12.1 Å². The van der Waals surface area contributed by atoms with Crippen LogP contribution in [-0.4, -0.2) is 54.7 Å². The average molecular weight is 518 g/mol. The van der Waals surface area contributed by atoms with E-state index in [1.54, 1.807) is 35.0 Å². The summed E-state index contributed by atoms with van der Waals surface area (Å²) in [6.07, 6.45) is 6.92. The molecule has 0 radical (unpaired) electrons. The highest BCUT2D eigenvalue weighted by Gasteiger charge is 2.32. The molecule has 7 rings (SSSR count). The number of ether oxygens (including phenoxy) is 1. The lowest BCUT2D eigenvalue weighted by Crippen LogP contribution is -2.51. The van der Waals surface area contributed by atoms with Gasteiger partial charge in [-0.15, -0.1) is 0 Å². The fourth-order valence-electron chi connectivity index (χ4n) is 5.00. The Morgan fingerprint density at radius 2 is 1.89 bits per heavy atom. The number of hydrogen-bond donors (Lipinski definition) is 2. The van der Waals surface area contributed by atoms with E-state index < -0.39 is 5.82 Å². The van der Waals surface area contributed by atoms with Crippen LogP contribution >= 0.6 is 11.6 Å². The first-order valence-corrected chi connectivity index (χ1v) is 12.3. The maximum absolute atomic E-state index is 15.3. The molecule has 2 saturated heterocycles. The van der Waals surface area contributed by atoms with Gasteiger partial charge in [-0.3, -0.25) is 0 Å². The number of piperazine rings is 1. The molecule has 2 atom stereocenters. The number of rotatable bonds is 5. The number of hydrogen-bond acceptors (Lipinski definition) is 9. The van der Waals surface area contributed by atoms with Crippen LogP contribution in [0.15, 0.2) is 55.2 Å². The van der Waals surface area contributed by atoms with E-state index in [2.05, 4.69) is 35.6 Å². The first-order chi connectivity index (χ1) is 18.1. The molecule has 0 saturated carbocycles. The summed E-state index contributed by atoms with van der Waals surface area (Å²) in [6.45, 7) is 1.81. The summed E-state index contributed by atoms with van der Waals surface area (Å²) in [6, 6.07) is 11.4. The monoisotopic (exact) mass is 517 g/mol. The largest absolute Gasteiger partial charge is 0.455 e. The van der Waals surface area contributed by atoms with Crippen molar-refractivity contribution in [1.29, 1.82) is 0 Å². The Labute approximate surface area is 215 Å². The van der Waals surface area contributed by atoms with Crippen molar-refractivity contribution in [2.45, 2.75) is 24.9 Å². The molecule has 12 heteroatoms. The number of fused-ring (bicyclic) bond motifs is 4. The summed E-state index contributed by atoms with van der Waals surface area (Å²) < 4.78 is 22.8. The zero-order valence-corrected chi connectivity index (χ0v) is 20.2. The van der Waals surface area contributed by atoms with Crippen LogP contribution in [0, 0.1) is 5.82 Å². The van der Waals surface area contributed by atoms with E-state index in [4.69, 9.17) is 21.3 Å². The highest BCUT2D eigenvalue weighted by molar-refractivity contribution is 6.32. The third-order valence-electron chi connectivity index (χ3n) is 6.79. The molecule has 0 aliphatic carbocycles. The van der Waals surface area contributed by atoms with E-state index in [1.165, 1.54) is 25.5 Å². The maximum atomic E-state index is 15.3. The first kappa shape index (κ1) is 22.1. The summed E-state index contributed by atoms with van der Waals surface area (Å²) in [5.41, 5.74) is 1.97. The van der Waals surface area contributed by atoms with Crippen LogP contribution in [0.1, 0.15) is 12.8 Å². The lowest BCUT2D eigenvalue weighted by molar-refractivity contribution is 0.464. The molecule has 4 aromatic heterocycles. The minimum atomic E-state index is -0.663.